The van der Waals surface area contributed by atoms with Crippen LogP contribution < -0.4 is 10.6 Å². The van der Waals surface area contributed by atoms with Gasteiger partial charge in [-0.25, -0.2) is 4.98 Å². The fourth-order valence-corrected chi connectivity index (χ4v) is 2.89. The van der Waals surface area contributed by atoms with Gasteiger partial charge in [-0.3, -0.25) is 4.99 Å². The van der Waals surface area contributed by atoms with Gasteiger partial charge >= 0.3 is 0 Å². The van der Waals surface area contributed by atoms with Gasteiger partial charge in [0.1, 0.15) is 4.34 Å². The Hall–Kier alpha value is -0.0200. The van der Waals surface area contributed by atoms with Gasteiger partial charge in [0.15, 0.2) is 5.96 Å². The van der Waals surface area contributed by atoms with Crippen LogP contribution in [0.25, 0.3) is 0 Å². The number of halogens is 1. The second-order valence-corrected chi connectivity index (χ2v) is 6.51. The Morgan fingerprint density at radius 2 is 2.26 bits per heavy atom. The van der Waals surface area contributed by atoms with Crippen molar-refractivity contribution in [3.05, 3.63) is 11.6 Å². The number of guanidine groups is 1. The average molecular weight is 414 g/mol. The predicted molar refractivity (Wildman–Crippen MR) is 97.1 cm³/mol. The largest absolute Gasteiger partial charge is 0.356 e. The highest BCUT2D eigenvalue weighted by Gasteiger charge is 1.99. The first-order valence-electron chi connectivity index (χ1n) is 6.19. The van der Waals surface area contributed by atoms with E-state index in [2.05, 4.69) is 34.5 Å². The number of aliphatic imine (C=N–C) groups is 1. The highest BCUT2D eigenvalue weighted by atomic mass is 127. The maximum atomic E-state index is 4.24. The van der Waals surface area contributed by atoms with Crippen molar-refractivity contribution < 1.29 is 0 Å². The molecular weight excluding hydrogens is 391 g/mol. The predicted octanol–water partition coefficient (Wildman–Crippen LogP) is 3.06. The molecule has 0 aliphatic heterocycles. The van der Waals surface area contributed by atoms with Gasteiger partial charge in [-0.1, -0.05) is 25.6 Å². The van der Waals surface area contributed by atoms with E-state index in [4.69, 9.17) is 0 Å². The quantitative estimate of drug-likeness (QED) is 0.237. The minimum atomic E-state index is 0. The van der Waals surface area contributed by atoms with Gasteiger partial charge in [0.25, 0.3) is 0 Å². The molecule has 0 saturated carbocycles. The summed E-state index contributed by atoms with van der Waals surface area (Å²) in [6.45, 7) is 6.26. The minimum Gasteiger partial charge on any atom is -0.356 e. The molecule has 110 valence electrons. The van der Waals surface area contributed by atoms with Gasteiger partial charge in [-0.2, -0.15) is 0 Å². The van der Waals surface area contributed by atoms with Gasteiger partial charge in [-0.05, 0) is 12.3 Å². The Bertz CT molecular complexity index is 342. The highest BCUT2D eigenvalue weighted by Crippen LogP contribution is 2.20. The molecule has 0 fully saturated rings. The number of nitrogens with one attached hydrogen (secondary N) is 2. The van der Waals surface area contributed by atoms with Crippen molar-refractivity contribution in [1.29, 1.82) is 0 Å². The zero-order valence-electron chi connectivity index (χ0n) is 11.7. The topological polar surface area (TPSA) is 49.3 Å². The number of hydrogen-bond acceptors (Lipinski definition) is 4. The van der Waals surface area contributed by atoms with Crippen molar-refractivity contribution >= 4 is 53.0 Å². The van der Waals surface area contributed by atoms with E-state index in [1.165, 1.54) is 0 Å². The zero-order valence-corrected chi connectivity index (χ0v) is 15.6. The Kier molecular flexibility index (Phi) is 11.8. The first kappa shape index (κ1) is 19.0. The second-order valence-electron chi connectivity index (χ2n) is 4.27. The van der Waals surface area contributed by atoms with Gasteiger partial charge in [0, 0.05) is 37.5 Å². The van der Waals surface area contributed by atoms with Gasteiger partial charge < -0.3 is 10.6 Å². The summed E-state index contributed by atoms with van der Waals surface area (Å²) < 4.78 is 1.15. The lowest BCUT2D eigenvalue weighted by molar-refractivity contribution is 0.614. The molecular formula is C12H23IN4S2. The molecule has 0 amide bonds. The van der Waals surface area contributed by atoms with Crippen LogP contribution in [0.1, 0.15) is 20.3 Å². The number of thiazole rings is 1. The molecule has 0 bridgehead atoms. The normalized spacial score (nSPS) is 11.3. The van der Waals surface area contributed by atoms with Crippen LogP contribution in [0.4, 0.5) is 0 Å². The molecule has 0 aliphatic carbocycles. The summed E-state index contributed by atoms with van der Waals surface area (Å²) in [7, 11) is 1.81. The lowest BCUT2D eigenvalue weighted by Gasteiger charge is -2.13. The summed E-state index contributed by atoms with van der Waals surface area (Å²) in [6.07, 6.45) is 2.95. The summed E-state index contributed by atoms with van der Waals surface area (Å²) >= 11 is 3.51. The number of nitrogens with zero attached hydrogens (tertiary/aromatic N) is 2. The molecule has 4 nitrogen and oxygen atoms in total. The van der Waals surface area contributed by atoms with E-state index in [1.54, 1.807) is 18.4 Å². The van der Waals surface area contributed by atoms with Crippen LogP contribution in [0.2, 0.25) is 0 Å². The number of hydrogen-bond donors (Lipinski definition) is 2. The average Bonchev–Trinajstić information content (AvgIpc) is 2.85. The molecule has 2 N–H and O–H groups in total. The smallest absolute Gasteiger partial charge is 0.190 e. The highest BCUT2D eigenvalue weighted by molar-refractivity contribution is 14.0. The van der Waals surface area contributed by atoms with Crippen molar-refractivity contribution in [2.24, 2.45) is 10.9 Å². The van der Waals surface area contributed by atoms with Crippen molar-refractivity contribution in [2.75, 3.05) is 25.9 Å². The Morgan fingerprint density at radius 1 is 1.47 bits per heavy atom. The molecule has 1 aromatic heterocycles. The lowest BCUT2D eigenvalue weighted by atomic mass is 10.2. The molecule has 0 radical (unpaired) electrons. The number of thioether (sulfide) groups is 1. The van der Waals surface area contributed by atoms with E-state index < -0.39 is 0 Å². The molecule has 19 heavy (non-hydrogen) atoms. The standard InChI is InChI=1S/C12H22N4S2.HI/c1-10(2)9-16-11(13-3)14-5-4-7-17-12-15-6-8-18-12;/h6,8,10H,4-5,7,9H2,1-3H3,(H2,13,14,16);1H. The lowest BCUT2D eigenvalue weighted by Crippen LogP contribution is -2.39. The fourth-order valence-electron chi connectivity index (χ4n) is 1.24. The van der Waals surface area contributed by atoms with Crippen LogP contribution >= 0.6 is 47.1 Å². The third-order valence-electron chi connectivity index (χ3n) is 2.15. The van der Waals surface area contributed by atoms with Crippen molar-refractivity contribution in [1.82, 2.24) is 15.6 Å². The molecule has 7 heteroatoms. The van der Waals surface area contributed by atoms with E-state index in [9.17, 15) is 0 Å². The van der Waals surface area contributed by atoms with Crippen molar-refractivity contribution in [2.45, 2.75) is 24.6 Å². The zero-order chi connectivity index (χ0) is 13.2. The maximum Gasteiger partial charge on any atom is 0.190 e. The number of aromatic nitrogens is 1. The first-order valence-corrected chi connectivity index (χ1v) is 8.05. The van der Waals surface area contributed by atoms with E-state index in [0.29, 0.717) is 5.92 Å². The first-order chi connectivity index (χ1) is 8.72. The SMILES string of the molecule is CN=C(NCCCSc1nccs1)NCC(C)C.I. The van der Waals surface area contributed by atoms with Crippen LogP contribution in [0.15, 0.2) is 20.9 Å². The monoisotopic (exact) mass is 414 g/mol. The molecule has 0 aromatic carbocycles. The third-order valence-corrected chi connectivity index (χ3v) is 4.20. The summed E-state index contributed by atoms with van der Waals surface area (Å²) in [5.41, 5.74) is 0. The third kappa shape index (κ3) is 9.50. The Morgan fingerprint density at radius 3 is 2.84 bits per heavy atom. The van der Waals surface area contributed by atoms with Gasteiger partial charge in [0.2, 0.25) is 0 Å². The molecule has 1 rings (SSSR count). The van der Waals surface area contributed by atoms with E-state index in [1.807, 2.05) is 23.3 Å². The molecule has 1 heterocycles. The summed E-state index contributed by atoms with van der Waals surface area (Å²) in [6, 6.07) is 0. The van der Waals surface area contributed by atoms with Crippen molar-refractivity contribution in [3.63, 3.8) is 0 Å². The van der Waals surface area contributed by atoms with Gasteiger partial charge in [0.05, 0.1) is 0 Å². The van der Waals surface area contributed by atoms with Crippen LogP contribution in [-0.2, 0) is 0 Å². The van der Waals surface area contributed by atoms with Crippen LogP contribution in [0, 0.1) is 5.92 Å². The second kappa shape index (κ2) is 11.8. The molecule has 1 aromatic rings. The van der Waals surface area contributed by atoms with E-state index >= 15 is 0 Å². The van der Waals surface area contributed by atoms with Crippen LogP contribution in [0.5, 0.6) is 0 Å². The Labute approximate surface area is 141 Å². The summed E-state index contributed by atoms with van der Waals surface area (Å²) in [5, 5.41) is 8.62. The molecule has 0 atom stereocenters. The summed E-state index contributed by atoms with van der Waals surface area (Å²) in [5.74, 6) is 2.61. The Balaban J connectivity index is 0.00000324. The minimum absolute atomic E-state index is 0. The van der Waals surface area contributed by atoms with E-state index in [0.717, 1.165) is 35.6 Å². The van der Waals surface area contributed by atoms with Crippen molar-refractivity contribution in [3.8, 4) is 0 Å². The number of rotatable bonds is 7. The molecule has 0 spiro atoms. The molecule has 0 unspecified atom stereocenters. The molecule has 0 saturated heterocycles. The fraction of sp³-hybridized carbons (Fsp3) is 0.667. The summed E-state index contributed by atoms with van der Waals surface area (Å²) in [4.78, 5) is 8.42. The molecule has 0 aliphatic rings. The van der Waals surface area contributed by atoms with Crippen LogP contribution in [0.3, 0.4) is 0 Å². The maximum absolute atomic E-state index is 4.24. The van der Waals surface area contributed by atoms with E-state index in [-0.39, 0.29) is 24.0 Å². The van der Waals surface area contributed by atoms with Crippen LogP contribution in [-0.4, -0.2) is 36.8 Å². The van der Waals surface area contributed by atoms with Gasteiger partial charge in [-0.15, -0.1) is 35.3 Å².